The maximum Gasteiger partial charge on any atom is 0.239 e. The Labute approximate surface area is 168 Å². The van der Waals surface area contributed by atoms with Gasteiger partial charge < -0.3 is 20.9 Å². The van der Waals surface area contributed by atoms with Crippen LogP contribution in [0.3, 0.4) is 0 Å². The van der Waals surface area contributed by atoms with E-state index in [-0.39, 0.29) is 23.9 Å². The van der Waals surface area contributed by atoms with Gasteiger partial charge in [0.1, 0.15) is 0 Å². The number of likely N-dealkylation sites (tertiary alicyclic amines) is 1. The van der Waals surface area contributed by atoms with Gasteiger partial charge in [0, 0.05) is 31.6 Å². The Balaban J connectivity index is 1.87. The number of rotatable bonds is 7. The first-order chi connectivity index (χ1) is 13.3. The number of nitrogens with zero attached hydrogens (tertiary/aromatic N) is 2. The molecule has 0 bridgehead atoms. The number of benzene rings is 1. The van der Waals surface area contributed by atoms with Crippen molar-refractivity contribution in [3.8, 4) is 0 Å². The van der Waals surface area contributed by atoms with Crippen molar-refractivity contribution in [1.29, 1.82) is 0 Å². The van der Waals surface area contributed by atoms with E-state index in [1.54, 1.807) is 0 Å². The summed E-state index contributed by atoms with van der Waals surface area (Å²) < 4.78 is 0. The van der Waals surface area contributed by atoms with E-state index in [4.69, 9.17) is 0 Å². The van der Waals surface area contributed by atoms with Crippen LogP contribution < -0.4 is 16.0 Å². The zero-order valence-electron chi connectivity index (χ0n) is 17.5. The third-order valence-corrected chi connectivity index (χ3v) is 4.26. The largest absolute Gasteiger partial charge is 0.357 e. The summed E-state index contributed by atoms with van der Waals surface area (Å²) >= 11 is 0. The van der Waals surface area contributed by atoms with Crippen LogP contribution in [-0.4, -0.2) is 47.8 Å². The molecule has 1 fully saturated rings. The van der Waals surface area contributed by atoms with Crippen molar-refractivity contribution < 1.29 is 9.59 Å². The standard InChI is InChI=1S/C21H33N5O2/c1-5-22-20(24-14-18(27)25-21(2,3)4)23-13-16-8-10-17(11-9-16)15-26-12-6-7-19(26)28/h8-11H,5-7,12-15H2,1-4H3,(H,25,27)(H2,22,23,24). The molecule has 0 radical (unpaired) electrons. The molecule has 3 N–H and O–H groups in total. The highest BCUT2D eigenvalue weighted by Crippen LogP contribution is 2.15. The van der Waals surface area contributed by atoms with Crippen molar-refractivity contribution in [2.75, 3.05) is 19.6 Å². The van der Waals surface area contributed by atoms with Crippen molar-refractivity contribution in [3.05, 3.63) is 35.4 Å². The van der Waals surface area contributed by atoms with Crippen molar-refractivity contribution >= 4 is 17.8 Å². The summed E-state index contributed by atoms with van der Waals surface area (Å²) in [6.07, 6.45) is 1.63. The molecule has 2 rings (SSSR count). The van der Waals surface area contributed by atoms with Gasteiger partial charge in [-0.05, 0) is 45.2 Å². The highest BCUT2D eigenvalue weighted by Gasteiger charge is 2.19. The minimum Gasteiger partial charge on any atom is -0.357 e. The van der Waals surface area contributed by atoms with E-state index < -0.39 is 0 Å². The van der Waals surface area contributed by atoms with E-state index in [1.807, 2.05) is 56.9 Å². The van der Waals surface area contributed by atoms with E-state index in [0.29, 0.717) is 25.5 Å². The molecule has 0 atom stereocenters. The first-order valence-corrected chi connectivity index (χ1v) is 9.95. The van der Waals surface area contributed by atoms with Crippen LogP contribution in [0.1, 0.15) is 51.7 Å². The molecular weight excluding hydrogens is 354 g/mol. The van der Waals surface area contributed by atoms with Crippen molar-refractivity contribution in [3.63, 3.8) is 0 Å². The Morgan fingerprint density at radius 2 is 1.82 bits per heavy atom. The maximum absolute atomic E-state index is 12.0. The summed E-state index contributed by atoms with van der Waals surface area (Å²) in [6, 6.07) is 8.17. The zero-order valence-corrected chi connectivity index (χ0v) is 17.5. The topological polar surface area (TPSA) is 85.8 Å². The first kappa shape index (κ1) is 21.7. The molecule has 0 aromatic heterocycles. The van der Waals surface area contributed by atoms with Gasteiger partial charge in [0.2, 0.25) is 11.8 Å². The third-order valence-electron chi connectivity index (χ3n) is 4.26. The maximum atomic E-state index is 12.0. The average molecular weight is 388 g/mol. The number of carbonyl (C=O) groups excluding carboxylic acids is 2. The molecule has 7 nitrogen and oxygen atoms in total. The molecule has 1 aliphatic rings. The van der Waals surface area contributed by atoms with Gasteiger partial charge >= 0.3 is 0 Å². The number of hydrogen-bond acceptors (Lipinski definition) is 3. The molecular formula is C21H33N5O2. The number of amides is 2. The lowest BCUT2D eigenvalue weighted by Gasteiger charge is -2.21. The second-order valence-corrected chi connectivity index (χ2v) is 8.08. The van der Waals surface area contributed by atoms with Gasteiger partial charge in [0.15, 0.2) is 5.96 Å². The van der Waals surface area contributed by atoms with Gasteiger partial charge in [-0.15, -0.1) is 0 Å². The molecule has 0 aliphatic carbocycles. The SMILES string of the molecule is CCNC(=NCc1ccc(CN2CCCC2=O)cc1)NCC(=O)NC(C)(C)C. The highest BCUT2D eigenvalue weighted by molar-refractivity contribution is 5.86. The Bertz CT molecular complexity index is 692. The average Bonchev–Trinajstić information content (AvgIpc) is 3.02. The van der Waals surface area contributed by atoms with Gasteiger partial charge in [0.25, 0.3) is 0 Å². The molecule has 28 heavy (non-hydrogen) atoms. The van der Waals surface area contributed by atoms with Crippen LogP contribution >= 0.6 is 0 Å². The highest BCUT2D eigenvalue weighted by atomic mass is 16.2. The Morgan fingerprint density at radius 3 is 2.39 bits per heavy atom. The number of carbonyl (C=O) groups is 2. The minimum absolute atomic E-state index is 0.0704. The Kier molecular flexibility index (Phi) is 7.84. The molecule has 0 unspecified atom stereocenters. The summed E-state index contributed by atoms with van der Waals surface area (Å²) in [5, 5.41) is 9.13. The molecule has 1 aromatic carbocycles. The van der Waals surface area contributed by atoms with E-state index in [1.165, 1.54) is 0 Å². The lowest BCUT2D eigenvalue weighted by atomic mass is 10.1. The van der Waals surface area contributed by atoms with Crippen LogP contribution in [0, 0.1) is 0 Å². The van der Waals surface area contributed by atoms with Gasteiger partial charge in [-0.2, -0.15) is 0 Å². The van der Waals surface area contributed by atoms with Gasteiger partial charge in [-0.1, -0.05) is 24.3 Å². The monoisotopic (exact) mass is 387 g/mol. The summed E-state index contributed by atoms with van der Waals surface area (Å²) in [5.74, 6) is 0.780. The van der Waals surface area contributed by atoms with Crippen LogP contribution in [-0.2, 0) is 22.7 Å². The Hall–Kier alpha value is -2.57. The van der Waals surface area contributed by atoms with Crippen molar-refractivity contribution in [2.24, 2.45) is 4.99 Å². The molecule has 2 amide bonds. The Morgan fingerprint density at radius 1 is 1.14 bits per heavy atom. The lowest BCUT2D eigenvalue weighted by molar-refractivity contribution is -0.128. The predicted octanol–water partition coefficient (Wildman–Crippen LogP) is 1.78. The molecule has 0 spiro atoms. The number of hydrogen-bond donors (Lipinski definition) is 3. The molecule has 1 saturated heterocycles. The fourth-order valence-corrected chi connectivity index (χ4v) is 2.98. The van der Waals surface area contributed by atoms with Gasteiger partial charge in [0.05, 0.1) is 13.1 Å². The van der Waals surface area contributed by atoms with Gasteiger partial charge in [-0.3, -0.25) is 9.59 Å². The summed E-state index contributed by atoms with van der Waals surface area (Å²) in [5.41, 5.74) is 1.95. The molecule has 0 saturated carbocycles. The molecule has 1 aliphatic heterocycles. The molecule has 1 aromatic rings. The fraction of sp³-hybridized carbons (Fsp3) is 0.571. The van der Waals surface area contributed by atoms with Crippen LogP contribution in [0.25, 0.3) is 0 Å². The van der Waals surface area contributed by atoms with Gasteiger partial charge in [-0.25, -0.2) is 4.99 Å². The quantitative estimate of drug-likeness (QED) is 0.492. The smallest absolute Gasteiger partial charge is 0.239 e. The second-order valence-electron chi connectivity index (χ2n) is 8.08. The van der Waals surface area contributed by atoms with Crippen LogP contribution in [0.4, 0.5) is 0 Å². The normalized spacial score (nSPS) is 14.9. The first-order valence-electron chi connectivity index (χ1n) is 9.95. The third kappa shape index (κ3) is 7.58. The summed E-state index contributed by atoms with van der Waals surface area (Å²) in [6.45, 7) is 10.8. The van der Waals surface area contributed by atoms with Crippen LogP contribution in [0.5, 0.6) is 0 Å². The van der Waals surface area contributed by atoms with Crippen LogP contribution in [0.15, 0.2) is 29.3 Å². The molecule has 7 heteroatoms. The number of guanidine groups is 1. The van der Waals surface area contributed by atoms with E-state index in [0.717, 1.165) is 30.6 Å². The van der Waals surface area contributed by atoms with Crippen LogP contribution in [0.2, 0.25) is 0 Å². The minimum atomic E-state index is -0.254. The van der Waals surface area contributed by atoms with Crippen molar-refractivity contribution in [1.82, 2.24) is 20.9 Å². The lowest BCUT2D eigenvalue weighted by Crippen LogP contribution is -2.48. The number of nitrogens with one attached hydrogen (secondary N) is 3. The zero-order chi connectivity index (χ0) is 20.6. The van der Waals surface area contributed by atoms with E-state index in [9.17, 15) is 9.59 Å². The second kappa shape index (κ2) is 10.1. The fourth-order valence-electron chi connectivity index (χ4n) is 2.98. The molecule has 1 heterocycles. The molecule has 154 valence electrons. The predicted molar refractivity (Wildman–Crippen MR) is 112 cm³/mol. The van der Waals surface area contributed by atoms with Crippen molar-refractivity contribution in [2.45, 2.75) is 59.2 Å². The van der Waals surface area contributed by atoms with E-state index in [2.05, 4.69) is 20.9 Å². The summed E-state index contributed by atoms with van der Waals surface area (Å²) in [4.78, 5) is 30.1. The summed E-state index contributed by atoms with van der Waals surface area (Å²) in [7, 11) is 0. The number of aliphatic imine (C=N–C) groups is 1. The van der Waals surface area contributed by atoms with E-state index >= 15 is 0 Å².